The van der Waals surface area contributed by atoms with E-state index in [1.165, 1.54) is 25.7 Å². The summed E-state index contributed by atoms with van der Waals surface area (Å²) in [5, 5.41) is 14.8. The number of nitrogens with one attached hydrogen (secondary N) is 2. The van der Waals surface area contributed by atoms with Gasteiger partial charge in [0.1, 0.15) is 0 Å². The molecule has 2 N–H and O–H groups in total. The first kappa shape index (κ1) is 16.4. The average molecular weight is 319 g/mol. The molecule has 1 aliphatic carbocycles. The summed E-state index contributed by atoms with van der Waals surface area (Å²) in [6.07, 6.45) is 7.16. The van der Waals surface area contributed by atoms with Crippen LogP contribution in [-0.4, -0.2) is 40.5 Å². The zero-order valence-electron chi connectivity index (χ0n) is 14.3. The minimum absolute atomic E-state index is 0.0686. The molecule has 0 radical (unpaired) electrons. The van der Waals surface area contributed by atoms with Crippen molar-refractivity contribution in [2.24, 2.45) is 11.8 Å². The molecule has 0 aromatic carbocycles. The molecule has 2 aliphatic rings. The second kappa shape index (κ2) is 7.43. The van der Waals surface area contributed by atoms with Crippen LogP contribution in [0.25, 0.3) is 0 Å². The van der Waals surface area contributed by atoms with Gasteiger partial charge in [0.05, 0.1) is 11.7 Å². The second-order valence-corrected chi connectivity index (χ2v) is 7.30. The van der Waals surface area contributed by atoms with Crippen molar-refractivity contribution in [3.05, 3.63) is 11.4 Å². The fourth-order valence-corrected chi connectivity index (χ4v) is 4.01. The molecule has 2 atom stereocenters. The highest BCUT2D eigenvalue weighted by Gasteiger charge is 2.24. The van der Waals surface area contributed by atoms with Crippen LogP contribution in [0.5, 0.6) is 0 Å². The molecule has 2 unspecified atom stereocenters. The van der Waals surface area contributed by atoms with E-state index in [4.69, 9.17) is 0 Å². The maximum atomic E-state index is 12.4. The largest absolute Gasteiger partial charge is 0.350 e. The zero-order valence-corrected chi connectivity index (χ0v) is 14.3. The van der Waals surface area contributed by atoms with Crippen molar-refractivity contribution in [3.63, 3.8) is 0 Å². The van der Waals surface area contributed by atoms with E-state index in [0.717, 1.165) is 44.1 Å². The van der Waals surface area contributed by atoms with E-state index in [9.17, 15) is 4.79 Å². The lowest BCUT2D eigenvalue weighted by atomic mass is 9.82. The third-order valence-electron chi connectivity index (χ3n) is 5.39. The summed E-state index contributed by atoms with van der Waals surface area (Å²) >= 11 is 0. The Kier molecular flexibility index (Phi) is 5.30. The van der Waals surface area contributed by atoms with Crippen molar-refractivity contribution in [2.75, 3.05) is 19.6 Å². The number of nitrogens with zero attached hydrogens (tertiary/aromatic N) is 3. The van der Waals surface area contributed by atoms with Crippen molar-refractivity contribution in [1.82, 2.24) is 25.6 Å². The molecule has 0 spiro atoms. The van der Waals surface area contributed by atoms with Crippen LogP contribution in [0.2, 0.25) is 0 Å². The van der Waals surface area contributed by atoms with E-state index in [0.29, 0.717) is 17.7 Å². The van der Waals surface area contributed by atoms with Crippen LogP contribution >= 0.6 is 0 Å². The van der Waals surface area contributed by atoms with E-state index in [-0.39, 0.29) is 5.91 Å². The zero-order chi connectivity index (χ0) is 16.2. The molecule has 0 bridgehead atoms. The normalized spacial score (nSPS) is 26.2. The number of amides is 1. The Morgan fingerprint density at radius 3 is 2.83 bits per heavy atom. The fraction of sp³-hybridized carbons (Fsp3) is 0.824. The highest BCUT2D eigenvalue weighted by Crippen LogP contribution is 2.28. The maximum Gasteiger partial charge on any atom is 0.273 e. The van der Waals surface area contributed by atoms with Gasteiger partial charge >= 0.3 is 0 Å². The van der Waals surface area contributed by atoms with E-state index in [2.05, 4.69) is 27.9 Å². The van der Waals surface area contributed by atoms with Crippen LogP contribution in [0.3, 0.4) is 0 Å². The summed E-state index contributed by atoms with van der Waals surface area (Å²) in [5.74, 6) is 1.33. The van der Waals surface area contributed by atoms with Crippen molar-refractivity contribution in [1.29, 1.82) is 0 Å². The molecule has 23 heavy (non-hydrogen) atoms. The molecule has 3 rings (SSSR count). The quantitative estimate of drug-likeness (QED) is 0.891. The SMILES string of the molecule is Cc1c(C(=O)NCC2CCCC(C)C2)nnn1C1CCNCC1. The van der Waals surface area contributed by atoms with Gasteiger partial charge in [0.2, 0.25) is 0 Å². The monoisotopic (exact) mass is 319 g/mol. The third-order valence-corrected chi connectivity index (χ3v) is 5.39. The number of carbonyl (C=O) groups excluding carboxylic acids is 1. The van der Waals surface area contributed by atoms with Gasteiger partial charge in [-0.1, -0.05) is 25.0 Å². The summed E-state index contributed by atoms with van der Waals surface area (Å²) < 4.78 is 1.94. The van der Waals surface area contributed by atoms with Gasteiger partial charge in [0.15, 0.2) is 5.69 Å². The van der Waals surface area contributed by atoms with Gasteiger partial charge in [0, 0.05) is 6.54 Å². The van der Waals surface area contributed by atoms with Crippen LogP contribution in [-0.2, 0) is 0 Å². The molecular formula is C17H29N5O. The highest BCUT2D eigenvalue weighted by molar-refractivity contribution is 5.93. The van der Waals surface area contributed by atoms with E-state index in [1.807, 2.05) is 11.6 Å². The summed E-state index contributed by atoms with van der Waals surface area (Å²) in [7, 11) is 0. The Hall–Kier alpha value is -1.43. The second-order valence-electron chi connectivity index (χ2n) is 7.30. The molecule has 2 heterocycles. The molecule has 1 saturated carbocycles. The van der Waals surface area contributed by atoms with Crippen molar-refractivity contribution < 1.29 is 4.79 Å². The molecule has 1 aliphatic heterocycles. The highest BCUT2D eigenvalue weighted by atomic mass is 16.2. The number of piperidine rings is 1. The molecule has 2 fully saturated rings. The van der Waals surface area contributed by atoms with Gasteiger partial charge in [-0.15, -0.1) is 5.10 Å². The predicted octanol–water partition coefficient (Wildman–Crippen LogP) is 2.07. The molecule has 128 valence electrons. The van der Waals surface area contributed by atoms with Crippen molar-refractivity contribution in [3.8, 4) is 0 Å². The molecular weight excluding hydrogens is 290 g/mol. The summed E-state index contributed by atoms with van der Waals surface area (Å²) in [6, 6.07) is 0.365. The lowest BCUT2D eigenvalue weighted by Gasteiger charge is -2.26. The molecule has 1 aromatic rings. The molecule has 1 aromatic heterocycles. The lowest BCUT2D eigenvalue weighted by molar-refractivity contribution is 0.0935. The van der Waals surface area contributed by atoms with Gasteiger partial charge in [-0.25, -0.2) is 4.68 Å². The third kappa shape index (κ3) is 3.91. The Labute approximate surface area is 138 Å². The summed E-state index contributed by atoms with van der Waals surface area (Å²) in [5.41, 5.74) is 1.39. The van der Waals surface area contributed by atoms with E-state index < -0.39 is 0 Å². The minimum atomic E-state index is -0.0686. The average Bonchev–Trinajstić information content (AvgIpc) is 2.95. The minimum Gasteiger partial charge on any atom is -0.350 e. The van der Waals surface area contributed by atoms with Crippen LogP contribution in [0.1, 0.15) is 67.7 Å². The van der Waals surface area contributed by atoms with E-state index >= 15 is 0 Å². The summed E-state index contributed by atoms with van der Waals surface area (Å²) in [4.78, 5) is 12.4. The van der Waals surface area contributed by atoms with Crippen molar-refractivity contribution >= 4 is 5.91 Å². The molecule has 6 nitrogen and oxygen atoms in total. The van der Waals surface area contributed by atoms with Gasteiger partial charge in [-0.3, -0.25) is 4.79 Å². The number of hydrogen-bond donors (Lipinski definition) is 2. The first-order chi connectivity index (χ1) is 11.1. The summed E-state index contributed by atoms with van der Waals surface area (Å²) in [6.45, 7) is 7.04. The van der Waals surface area contributed by atoms with Gasteiger partial charge in [0.25, 0.3) is 5.91 Å². The topological polar surface area (TPSA) is 71.8 Å². The van der Waals surface area contributed by atoms with Crippen molar-refractivity contribution in [2.45, 2.75) is 58.4 Å². The maximum absolute atomic E-state index is 12.4. The van der Waals surface area contributed by atoms with E-state index in [1.54, 1.807) is 0 Å². The number of carbonyl (C=O) groups is 1. The number of hydrogen-bond acceptors (Lipinski definition) is 4. The number of aromatic nitrogens is 3. The Morgan fingerprint density at radius 2 is 2.09 bits per heavy atom. The first-order valence-corrected chi connectivity index (χ1v) is 9.06. The smallest absolute Gasteiger partial charge is 0.273 e. The Bertz CT molecular complexity index is 535. The first-order valence-electron chi connectivity index (χ1n) is 9.06. The van der Waals surface area contributed by atoms with Gasteiger partial charge in [-0.2, -0.15) is 0 Å². The predicted molar refractivity (Wildman–Crippen MR) is 89.4 cm³/mol. The van der Waals surface area contributed by atoms with Gasteiger partial charge in [-0.05, 0) is 57.5 Å². The van der Waals surface area contributed by atoms with Gasteiger partial charge < -0.3 is 10.6 Å². The molecule has 6 heteroatoms. The Morgan fingerprint density at radius 1 is 1.30 bits per heavy atom. The molecule has 1 amide bonds. The Balaban J connectivity index is 1.58. The molecule has 1 saturated heterocycles. The number of rotatable bonds is 4. The van der Waals surface area contributed by atoms with Crippen LogP contribution in [0.4, 0.5) is 0 Å². The van der Waals surface area contributed by atoms with Crippen LogP contribution in [0.15, 0.2) is 0 Å². The standard InChI is InChI=1S/C17H29N5O/c1-12-4-3-5-14(10-12)11-19-17(23)16-13(2)22(21-20-16)15-6-8-18-9-7-15/h12,14-15,18H,3-11H2,1-2H3,(H,19,23). The van der Waals surface area contributed by atoms with Crippen LogP contribution < -0.4 is 10.6 Å². The lowest BCUT2D eigenvalue weighted by Crippen LogP contribution is -2.32. The fourth-order valence-electron chi connectivity index (χ4n) is 4.01. The van der Waals surface area contributed by atoms with Crippen LogP contribution in [0, 0.1) is 18.8 Å².